The van der Waals surface area contributed by atoms with Gasteiger partial charge in [0.2, 0.25) is 5.91 Å². The third kappa shape index (κ3) is 4.70. The lowest BCUT2D eigenvalue weighted by atomic mass is 10.0. The fourth-order valence-corrected chi connectivity index (χ4v) is 2.62. The molecule has 2 amide bonds. The second-order valence-electron chi connectivity index (χ2n) is 6.65. The van der Waals surface area contributed by atoms with Crippen molar-refractivity contribution in [3.05, 3.63) is 23.8 Å². The Bertz CT molecular complexity index is 625. The number of likely N-dealkylation sites (N-methyl/N-ethyl adjacent to an activating group) is 1. The summed E-state index contributed by atoms with van der Waals surface area (Å²) in [4.78, 5) is 29.0. The molecule has 1 aromatic carbocycles. The highest BCUT2D eigenvalue weighted by Crippen LogP contribution is 2.27. The molecule has 3 N–H and O–H groups in total. The zero-order valence-electron chi connectivity index (χ0n) is 15.4. The molecule has 1 heterocycles. The van der Waals surface area contributed by atoms with E-state index in [0.29, 0.717) is 30.1 Å². The average molecular weight is 348 g/mol. The number of carbonyl (C=O) groups excluding carboxylic acids is 2. The van der Waals surface area contributed by atoms with Gasteiger partial charge in [0.05, 0.1) is 18.7 Å². The van der Waals surface area contributed by atoms with Crippen molar-refractivity contribution in [3.8, 4) is 5.75 Å². The van der Waals surface area contributed by atoms with Crippen molar-refractivity contribution in [1.82, 2.24) is 9.80 Å². The van der Waals surface area contributed by atoms with Crippen LogP contribution >= 0.6 is 0 Å². The standard InChI is InChI=1S/C18H28N4O3/c1-12(13(2)19)17(23)20-15-11-14(5-6-16(15)25-4)18(24)22-9-7-21(3)8-10-22/h5-6,11-13H,7-10,19H2,1-4H3,(H,20,23). The Kier molecular flexibility index (Phi) is 6.39. The highest BCUT2D eigenvalue weighted by molar-refractivity contribution is 5.99. The highest BCUT2D eigenvalue weighted by atomic mass is 16.5. The predicted octanol–water partition coefficient (Wildman–Crippen LogP) is 1.00. The minimum atomic E-state index is -0.346. The summed E-state index contributed by atoms with van der Waals surface area (Å²) in [5, 5.41) is 2.82. The summed E-state index contributed by atoms with van der Waals surface area (Å²) in [6.07, 6.45) is 0. The van der Waals surface area contributed by atoms with Gasteiger partial charge in [-0.15, -0.1) is 0 Å². The van der Waals surface area contributed by atoms with Crippen LogP contribution in [-0.4, -0.2) is 68.0 Å². The van der Waals surface area contributed by atoms with Crippen LogP contribution in [0.15, 0.2) is 18.2 Å². The van der Waals surface area contributed by atoms with Gasteiger partial charge in [0.15, 0.2) is 0 Å². The molecule has 2 rings (SSSR count). The van der Waals surface area contributed by atoms with Gasteiger partial charge in [-0.1, -0.05) is 6.92 Å². The molecule has 7 nitrogen and oxygen atoms in total. The molecule has 0 spiro atoms. The van der Waals surface area contributed by atoms with Crippen LogP contribution in [0.3, 0.4) is 0 Å². The van der Waals surface area contributed by atoms with Gasteiger partial charge < -0.3 is 25.6 Å². The third-order valence-electron chi connectivity index (χ3n) is 4.70. The first kappa shape index (κ1) is 19.2. The van der Waals surface area contributed by atoms with E-state index < -0.39 is 0 Å². The molecule has 2 atom stereocenters. The second kappa shape index (κ2) is 8.31. The van der Waals surface area contributed by atoms with Crippen molar-refractivity contribution >= 4 is 17.5 Å². The zero-order chi connectivity index (χ0) is 18.6. The van der Waals surface area contributed by atoms with Gasteiger partial charge in [-0.2, -0.15) is 0 Å². The van der Waals surface area contributed by atoms with Crippen LogP contribution in [0.25, 0.3) is 0 Å². The smallest absolute Gasteiger partial charge is 0.254 e. The fourth-order valence-electron chi connectivity index (χ4n) is 2.62. The van der Waals surface area contributed by atoms with Crippen molar-refractivity contribution in [2.45, 2.75) is 19.9 Å². The molecule has 2 unspecified atom stereocenters. The van der Waals surface area contributed by atoms with Crippen molar-refractivity contribution in [2.75, 3.05) is 45.7 Å². The number of nitrogens with two attached hydrogens (primary N) is 1. The summed E-state index contributed by atoms with van der Waals surface area (Å²) in [7, 11) is 3.57. The number of hydrogen-bond donors (Lipinski definition) is 2. The maximum atomic E-state index is 12.7. The number of ether oxygens (including phenoxy) is 1. The summed E-state index contributed by atoms with van der Waals surface area (Å²) < 4.78 is 5.30. The first-order chi connectivity index (χ1) is 11.8. The van der Waals surface area contributed by atoms with Crippen LogP contribution in [0, 0.1) is 5.92 Å². The normalized spacial score (nSPS) is 17.7. The summed E-state index contributed by atoms with van der Waals surface area (Å²) >= 11 is 0. The highest BCUT2D eigenvalue weighted by Gasteiger charge is 2.23. The minimum Gasteiger partial charge on any atom is -0.495 e. The number of piperazine rings is 1. The number of amides is 2. The van der Waals surface area contributed by atoms with Crippen LogP contribution in [0.2, 0.25) is 0 Å². The number of nitrogens with zero attached hydrogens (tertiary/aromatic N) is 2. The molecule has 0 aliphatic carbocycles. The predicted molar refractivity (Wildman–Crippen MR) is 97.8 cm³/mol. The molecule has 0 saturated carbocycles. The Morgan fingerprint density at radius 3 is 2.40 bits per heavy atom. The Labute approximate surface area is 149 Å². The lowest BCUT2D eigenvalue weighted by Crippen LogP contribution is -2.47. The summed E-state index contributed by atoms with van der Waals surface area (Å²) in [5.74, 6) is -0.0640. The van der Waals surface area contributed by atoms with Crippen molar-refractivity contribution in [2.24, 2.45) is 11.7 Å². The number of carbonyl (C=O) groups is 2. The van der Waals surface area contributed by atoms with Crippen LogP contribution in [0.4, 0.5) is 5.69 Å². The van der Waals surface area contributed by atoms with Gasteiger partial charge in [-0.05, 0) is 32.2 Å². The van der Waals surface area contributed by atoms with Crippen molar-refractivity contribution in [1.29, 1.82) is 0 Å². The van der Waals surface area contributed by atoms with Gasteiger partial charge in [0, 0.05) is 37.8 Å². The van der Waals surface area contributed by atoms with Gasteiger partial charge >= 0.3 is 0 Å². The van der Waals surface area contributed by atoms with Crippen LogP contribution in [0.1, 0.15) is 24.2 Å². The summed E-state index contributed by atoms with van der Waals surface area (Å²) in [6.45, 7) is 6.67. The van der Waals surface area contributed by atoms with Crippen LogP contribution in [0.5, 0.6) is 5.75 Å². The molecule has 7 heteroatoms. The van der Waals surface area contributed by atoms with Gasteiger partial charge in [0.1, 0.15) is 5.75 Å². The fraction of sp³-hybridized carbons (Fsp3) is 0.556. The first-order valence-electron chi connectivity index (χ1n) is 8.55. The SMILES string of the molecule is COc1ccc(C(=O)N2CCN(C)CC2)cc1NC(=O)C(C)C(C)N. The number of benzene rings is 1. The van der Waals surface area contributed by atoms with Gasteiger partial charge in [-0.3, -0.25) is 9.59 Å². The summed E-state index contributed by atoms with van der Waals surface area (Å²) in [6, 6.07) is 4.84. The Balaban J connectivity index is 2.18. The third-order valence-corrected chi connectivity index (χ3v) is 4.70. The maximum absolute atomic E-state index is 12.7. The Morgan fingerprint density at radius 2 is 1.84 bits per heavy atom. The average Bonchev–Trinajstić information content (AvgIpc) is 2.60. The van der Waals surface area contributed by atoms with Gasteiger partial charge in [0.25, 0.3) is 5.91 Å². The summed E-state index contributed by atoms with van der Waals surface area (Å²) in [5.41, 5.74) is 6.81. The molecule has 138 valence electrons. The monoisotopic (exact) mass is 348 g/mol. The molecular weight excluding hydrogens is 320 g/mol. The molecule has 1 aliphatic heterocycles. The molecule has 0 bridgehead atoms. The Morgan fingerprint density at radius 1 is 1.20 bits per heavy atom. The lowest BCUT2D eigenvalue weighted by molar-refractivity contribution is -0.119. The van der Waals surface area contributed by atoms with E-state index in [1.807, 2.05) is 11.9 Å². The van der Waals surface area contributed by atoms with E-state index in [2.05, 4.69) is 10.2 Å². The quantitative estimate of drug-likeness (QED) is 0.829. The molecule has 0 aromatic heterocycles. The topological polar surface area (TPSA) is 87.9 Å². The van der Waals surface area contributed by atoms with E-state index in [1.54, 1.807) is 32.0 Å². The van der Waals surface area contributed by atoms with E-state index in [1.165, 1.54) is 7.11 Å². The van der Waals surface area contributed by atoms with E-state index in [9.17, 15) is 9.59 Å². The largest absolute Gasteiger partial charge is 0.495 e. The van der Waals surface area contributed by atoms with E-state index in [0.717, 1.165) is 13.1 Å². The lowest BCUT2D eigenvalue weighted by Gasteiger charge is -2.32. The molecule has 0 radical (unpaired) electrons. The molecule has 1 aromatic rings. The maximum Gasteiger partial charge on any atom is 0.254 e. The number of rotatable bonds is 5. The number of methoxy groups -OCH3 is 1. The molecule has 1 fully saturated rings. The minimum absolute atomic E-state index is 0.0357. The molecular formula is C18H28N4O3. The van der Waals surface area contributed by atoms with E-state index in [4.69, 9.17) is 10.5 Å². The van der Waals surface area contributed by atoms with Crippen LogP contribution in [-0.2, 0) is 4.79 Å². The zero-order valence-corrected chi connectivity index (χ0v) is 15.4. The number of nitrogens with one attached hydrogen (secondary N) is 1. The first-order valence-corrected chi connectivity index (χ1v) is 8.55. The number of anilines is 1. The van der Waals surface area contributed by atoms with Crippen LogP contribution < -0.4 is 15.8 Å². The second-order valence-corrected chi connectivity index (χ2v) is 6.65. The van der Waals surface area contributed by atoms with E-state index in [-0.39, 0.29) is 23.8 Å². The molecule has 1 aliphatic rings. The van der Waals surface area contributed by atoms with Gasteiger partial charge in [-0.25, -0.2) is 0 Å². The Hall–Kier alpha value is -2.12. The van der Waals surface area contributed by atoms with Crippen molar-refractivity contribution < 1.29 is 14.3 Å². The molecule has 1 saturated heterocycles. The van der Waals surface area contributed by atoms with Crippen molar-refractivity contribution in [3.63, 3.8) is 0 Å². The number of hydrogen-bond acceptors (Lipinski definition) is 5. The van der Waals surface area contributed by atoms with E-state index >= 15 is 0 Å². The molecule has 25 heavy (non-hydrogen) atoms.